The van der Waals surface area contributed by atoms with Gasteiger partial charge in [0, 0.05) is 12.2 Å². The zero-order valence-electron chi connectivity index (χ0n) is 14.5. The van der Waals surface area contributed by atoms with Gasteiger partial charge in [-0.3, -0.25) is 0 Å². The van der Waals surface area contributed by atoms with Crippen LogP contribution in [0.3, 0.4) is 0 Å². The number of amides is 2. The minimum atomic E-state index is -1.11. The Kier molecular flexibility index (Phi) is 5.81. The molecule has 3 rings (SSSR count). The second kappa shape index (κ2) is 8.28. The molecule has 2 amide bonds. The Bertz CT molecular complexity index is 1060. The number of pyridine rings is 1. The van der Waals surface area contributed by atoms with Gasteiger partial charge in [-0.2, -0.15) is 0 Å². The predicted molar refractivity (Wildman–Crippen MR) is 110 cm³/mol. The summed E-state index contributed by atoms with van der Waals surface area (Å²) in [6.45, 7) is 2.26. The molecule has 0 aliphatic heterocycles. The zero-order chi connectivity index (χ0) is 20.3. The molecule has 0 aliphatic rings. The largest absolute Gasteiger partial charge is 0.478 e. The normalized spacial score (nSPS) is 10.5. The molecule has 0 saturated heterocycles. The average Bonchev–Trinajstić information content (AvgIpc) is 2.66. The lowest BCUT2D eigenvalue weighted by molar-refractivity contribution is 0.0697. The van der Waals surface area contributed by atoms with E-state index in [1.165, 1.54) is 18.3 Å². The van der Waals surface area contributed by atoms with Crippen molar-refractivity contribution in [1.29, 1.82) is 0 Å². The quantitative estimate of drug-likeness (QED) is 0.468. The van der Waals surface area contributed by atoms with Crippen molar-refractivity contribution in [2.75, 3.05) is 16.2 Å². The van der Waals surface area contributed by atoms with Gasteiger partial charge in [0.25, 0.3) is 0 Å². The Labute approximate surface area is 170 Å². The van der Waals surface area contributed by atoms with Crippen LogP contribution in [-0.2, 0) is 0 Å². The summed E-state index contributed by atoms with van der Waals surface area (Å²) in [4.78, 5) is 35.9. The van der Waals surface area contributed by atoms with Gasteiger partial charge in [-0.05, 0) is 37.3 Å². The Balaban J connectivity index is 1.88. The topological polar surface area (TPSA) is 120 Å². The highest BCUT2D eigenvalue weighted by atomic mass is 35.5. The van der Waals surface area contributed by atoms with Gasteiger partial charge in [0.05, 0.1) is 16.8 Å². The number of benzene rings is 1. The van der Waals surface area contributed by atoms with Gasteiger partial charge in [-0.25, -0.2) is 28.8 Å². The first-order chi connectivity index (χ1) is 13.4. The van der Waals surface area contributed by atoms with E-state index < -0.39 is 12.0 Å². The van der Waals surface area contributed by atoms with Gasteiger partial charge < -0.3 is 15.7 Å². The number of nitrogens with zero attached hydrogens (tertiary/aromatic N) is 4. The molecule has 11 heteroatoms. The van der Waals surface area contributed by atoms with E-state index in [0.717, 1.165) is 4.31 Å². The highest BCUT2D eigenvalue weighted by molar-refractivity contribution is 7.82. The summed E-state index contributed by atoms with van der Waals surface area (Å²) in [6, 6.07) is 7.31. The minimum absolute atomic E-state index is 0.00217. The first kappa shape index (κ1) is 19.6. The van der Waals surface area contributed by atoms with E-state index in [2.05, 4.69) is 38.4 Å². The van der Waals surface area contributed by atoms with E-state index in [0.29, 0.717) is 35.0 Å². The van der Waals surface area contributed by atoms with Gasteiger partial charge in [0.15, 0.2) is 11.5 Å². The highest BCUT2D eigenvalue weighted by Crippen LogP contribution is 2.24. The third kappa shape index (κ3) is 4.24. The number of halogens is 1. The molecule has 3 aromatic rings. The minimum Gasteiger partial charge on any atom is -0.478 e. The molecule has 2 heterocycles. The second-order valence-electron chi connectivity index (χ2n) is 5.54. The molecular weight excluding hydrogens is 404 g/mol. The van der Waals surface area contributed by atoms with Gasteiger partial charge in [-0.15, -0.1) is 0 Å². The molecule has 0 saturated carbocycles. The molecule has 144 valence electrons. The van der Waals surface area contributed by atoms with Crippen molar-refractivity contribution < 1.29 is 14.7 Å². The standard InChI is InChI=1S/C17H15ClN6O3S/c1-2-19-17(27)24(28)14-6-5-12-15(23-14)22-13(8-20-12)21-9-3-4-10(16(25)26)11(18)7-9/h3-8,28H,2H2,1H3,(H,19,27)(H,25,26)(H,21,22,23). The van der Waals surface area contributed by atoms with E-state index in [9.17, 15) is 9.59 Å². The summed E-state index contributed by atoms with van der Waals surface area (Å²) in [5.74, 6) is -0.440. The molecule has 3 N–H and O–H groups in total. The van der Waals surface area contributed by atoms with Crippen LogP contribution in [0, 0.1) is 0 Å². The number of thiol groups is 1. The van der Waals surface area contributed by atoms with Crippen molar-refractivity contribution >= 4 is 64.9 Å². The number of urea groups is 1. The molecule has 0 unspecified atom stereocenters. The van der Waals surface area contributed by atoms with Crippen LogP contribution < -0.4 is 14.9 Å². The maximum atomic E-state index is 11.9. The number of carbonyl (C=O) groups excluding carboxylic acids is 1. The van der Waals surface area contributed by atoms with Gasteiger partial charge in [0.2, 0.25) is 0 Å². The third-order valence-corrected chi connectivity index (χ3v) is 4.30. The smallest absolute Gasteiger partial charge is 0.337 e. The monoisotopic (exact) mass is 418 g/mol. The van der Waals surface area contributed by atoms with Crippen molar-refractivity contribution in [3.05, 3.63) is 47.1 Å². The Morgan fingerprint density at radius 1 is 1.25 bits per heavy atom. The molecule has 1 aromatic carbocycles. The van der Waals surface area contributed by atoms with Gasteiger partial charge >= 0.3 is 12.0 Å². The number of carboxylic acid groups (broad SMARTS) is 1. The summed E-state index contributed by atoms with van der Waals surface area (Å²) in [7, 11) is 0. The van der Waals surface area contributed by atoms with Crippen LogP contribution in [0.15, 0.2) is 36.5 Å². The SMILES string of the molecule is CCNC(=O)N(S)c1ccc2ncc(Nc3ccc(C(=O)O)c(Cl)c3)nc2n1. The highest BCUT2D eigenvalue weighted by Gasteiger charge is 2.14. The molecule has 28 heavy (non-hydrogen) atoms. The van der Waals surface area contributed by atoms with E-state index >= 15 is 0 Å². The van der Waals surface area contributed by atoms with E-state index in [1.807, 2.05) is 0 Å². The van der Waals surface area contributed by atoms with Crippen LogP contribution in [-0.4, -0.2) is 38.6 Å². The first-order valence-corrected chi connectivity index (χ1v) is 8.87. The summed E-state index contributed by atoms with van der Waals surface area (Å²) in [5, 5.41) is 14.7. The predicted octanol–water partition coefficient (Wildman–Crippen LogP) is 3.50. The van der Waals surface area contributed by atoms with E-state index in [1.54, 1.807) is 25.1 Å². The summed E-state index contributed by atoms with van der Waals surface area (Å²) < 4.78 is 1.08. The Hall–Kier alpha value is -3.11. The number of hydrogen-bond donors (Lipinski definition) is 4. The fourth-order valence-corrected chi connectivity index (χ4v) is 2.75. The number of carbonyl (C=O) groups is 2. The van der Waals surface area contributed by atoms with Crippen LogP contribution in [0.5, 0.6) is 0 Å². The second-order valence-corrected chi connectivity index (χ2v) is 6.35. The van der Waals surface area contributed by atoms with Gasteiger partial charge in [-0.1, -0.05) is 24.4 Å². The number of rotatable bonds is 5. The lowest BCUT2D eigenvalue weighted by atomic mass is 10.2. The van der Waals surface area contributed by atoms with Crippen molar-refractivity contribution in [2.45, 2.75) is 6.92 Å². The summed E-state index contributed by atoms with van der Waals surface area (Å²) >= 11 is 10.1. The number of aromatic carboxylic acids is 1. The average molecular weight is 419 g/mol. The van der Waals surface area contributed by atoms with Crippen molar-refractivity contribution in [3.8, 4) is 0 Å². The number of anilines is 3. The van der Waals surface area contributed by atoms with Crippen LogP contribution >= 0.6 is 24.4 Å². The summed E-state index contributed by atoms with van der Waals surface area (Å²) in [6.07, 6.45) is 1.50. The summed E-state index contributed by atoms with van der Waals surface area (Å²) in [5.41, 5.74) is 1.38. The van der Waals surface area contributed by atoms with E-state index in [-0.39, 0.29) is 10.6 Å². The Morgan fingerprint density at radius 2 is 2.04 bits per heavy atom. The van der Waals surface area contributed by atoms with Crippen LogP contribution in [0.4, 0.5) is 22.1 Å². The third-order valence-electron chi connectivity index (χ3n) is 3.60. The number of nitrogens with one attached hydrogen (secondary N) is 2. The fraction of sp³-hybridized carbons (Fsp3) is 0.118. The van der Waals surface area contributed by atoms with Crippen molar-refractivity contribution in [3.63, 3.8) is 0 Å². The van der Waals surface area contributed by atoms with Crippen molar-refractivity contribution in [2.24, 2.45) is 0 Å². The molecule has 2 aromatic heterocycles. The lowest BCUT2D eigenvalue weighted by Gasteiger charge is -2.15. The first-order valence-electron chi connectivity index (χ1n) is 8.09. The molecule has 0 atom stereocenters. The van der Waals surface area contributed by atoms with E-state index in [4.69, 9.17) is 16.7 Å². The molecule has 0 bridgehead atoms. The molecule has 0 spiro atoms. The molecular formula is C17H15ClN6O3S. The fourth-order valence-electron chi connectivity index (χ4n) is 2.31. The number of fused-ring (bicyclic) bond motifs is 1. The Morgan fingerprint density at radius 3 is 2.71 bits per heavy atom. The zero-order valence-corrected chi connectivity index (χ0v) is 16.2. The molecule has 0 radical (unpaired) electrons. The number of carboxylic acids is 1. The maximum absolute atomic E-state index is 11.9. The molecule has 0 aliphatic carbocycles. The van der Waals surface area contributed by atoms with Crippen LogP contribution in [0.2, 0.25) is 5.02 Å². The van der Waals surface area contributed by atoms with Crippen LogP contribution in [0.1, 0.15) is 17.3 Å². The van der Waals surface area contributed by atoms with Crippen LogP contribution in [0.25, 0.3) is 11.2 Å². The number of aromatic nitrogens is 3. The van der Waals surface area contributed by atoms with Gasteiger partial charge in [0.1, 0.15) is 11.3 Å². The molecule has 0 fully saturated rings. The van der Waals surface area contributed by atoms with Crippen molar-refractivity contribution in [1.82, 2.24) is 20.3 Å². The lowest BCUT2D eigenvalue weighted by Crippen LogP contribution is -2.34. The number of hydrogen-bond acceptors (Lipinski definition) is 7. The molecule has 9 nitrogen and oxygen atoms in total. The maximum Gasteiger partial charge on any atom is 0.337 e.